The summed E-state index contributed by atoms with van der Waals surface area (Å²) in [6.07, 6.45) is 0. The zero-order valence-electron chi connectivity index (χ0n) is 12.3. The lowest BCUT2D eigenvalue weighted by Crippen LogP contribution is -2.27. The van der Waals surface area contributed by atoms with Crippen molar-refractivity contribution in [1.82, 2.24) is 5.32 Å². The van der Waals surface area contributed by atoms with Gasteiger partial charge in [-0.05, 0) is 31.5 Å². The van der Waals surface area contributed by atoms with E-state index >= 15 is 0 Å². The fourth-order valence-corrected chi connectivity index (χ4v) is 2.14. The Hall–Kier alpha value is -2.49. The van der Waals surface area contributed by atoms with Gasteiger partial charge in [0.25, 0.3) is 5.91 Å². The molecule has 1 amide bonds. The summed E-state index contributed by atoms with van der Waals surface area (Å²) in [5, 5.41) is 2.96. The lowest BCUT2D eigenvalue weighted by molar-refractivity contribution is 0.0936. The highest BCUT2D eigenvalue weighted by molar-refractivity contribution is 5.98. The minimum absolute atomic E-state index is 0.0883. The van der Waals surface area contributed by atoms with E-state index in [1.165, 1.54) is 0 Å². The summed E-state index contributed by atoms with van der Waals surface area (Å²) in [5.74, 6) is 0.250. The molecule has 0 aromatic heterocycles. The number of anilines is 1. The van der Waals surface area contributed by atoms with Gasteiger partial charge in [-0.15, -0.1) is 0 Å². The third-order valence-electron chi connectivity index (χ3n) is 3.23. The Morgan fingerprint density at radius 3 is 2.57 bits per heavy atom. The number of benzene rings is 2. The zero-order valence-corrected chi connectivity index (χ0v) is 12.3. The van der Waals surface area contributed by atoms with Crippen molar-refractivity contribution in [2.24, 2.45) is 0 Å². The predicted molar refractivity (Wildman–Crippen MR) is 84.3 cm³/mol. The van der Waals surface area contributed by atoms with Gasteiger partial charge in [0.15, 0.2) is 5.75 Å². The van der Waals surface area contributed by atoms with E-state index in [0.717, 1.165) is 5.56 Å². The zero-order chi connectivity index (χ0) is 15.2. The maximum Gasteiger partial charge on any atom is 0.255 e. The number of amides is 1. The number of nitrogen functional groups attached to an aromatic ring is 1. The van der Waals surface area contributed by atoms with Crippen molar-refractivity contribution in [1.29, 1.82) is 0 Å². The summed E-state index contributed by atoms with van der Waals surface area (Å²) in [4.78, 5) is 12.4. The molecular formula is C17H20N2O2. The van der Waals surface area contributed by atoms with Gasteiger partial charge in [-0.1, -0.05) is 36.4 Å². The molecule has 21 heavy (non-hydrogen) atoms. The van der Waals surface area contributed by atoms with Crippen LogP contribution in [-0.4, -0.2) is 12.5 Å². The van der Waals surface area contributed by atoms with Crippen LogP contribution in [0.4, 0.5) is 5.69 Å². The molecule has 2 aromatic carbocycles. The minimum atomic E-state index is -0.192. The van der Waals surface area contributed by atoms with E-state index in [4.69, 9.17) is 10.5 Å². The molecule has 0 radical (unpaired) electrons. The Labute approximate surface area is 124 Å². The Kier molecular flexibility index (Phi) is 4.82. The van der Waals surface area contributed by atoms with Crippen LogP contribution in [-0.2, 0) is 0 Å². The van der Waals surface area contributed by atoms with E-state index in [2.05, 4.69) is 5.32 Å². The molecule has 0 aliphatic heterocycles. The second-order valence-electron chi connectivity index (χ2n) is 4.76. The smallest absolute Gasteiger partial charge is 0.255 e. The van der Waals surface area contributed by atoms with Gasteiger partial charge < -0.3 is 15.8 Å². The molecule has 0 fully saturated rings. The summed E-state index contributed by atoms with van der Waals surface area (Å²) in [5.41, 5.74) is 7.86. The van der Waals surface area contributed by atoms with Crippen LogP contribution in [0.1, 0.15) is 35.8 Å². The first-order chi connectivity index (χ1) is 10.1. The molecule has 2 rings (SSSR count). The summed E-state index contributed by atoms with van der Waals surface area (Å²) >= 11 is 0. The highest BCUT2D eigenvalue weighted by atomic mass is 16.5. The van der Waals surface area contributed by atoms with Crippen LogP contribution < -0.4 is 15.8 Å². The molecule has 0 saturated carbocycles. The maximum atomic E-state index is 12.4. The van der Waals surface area contributed by atoms with Crippen molar-refractivity contribution in [2.45, 2.75) is 19.9 Å². The van der Waals surface area contributed by atoms with Crippen molar-refractivity contribution in [3.05, 3.63) is 59.7 Å². The molecule has 4 nitrogen and oxygen atoms in total. The first-order valence-corrected chi connectivity index (χ1v) is 7.00. The monoisotopic (exact) mass is 284 g/mol. The molecule has 2 aromatic rings. The average molecular weight is 284 g/mol. The van der Waals surface area contributed by atoms with Crippen LogP contribution in [0.5, 0.6) is 5.75 Å². The highest BCUT2D eigenvalue weighted by Crippen LogP contribution is 2.27. The van der Waals surface area contributed by atoms with Crippen LogP contribution in [0.25, 0.3) is 0 Å². The summed E-state index contributed by atoms with van der Waals surface area (Å²) < 4.78 is 5.49. The fraction of sp³-hybridized carbons (Fsp3) is 0.235. The lowest BCUT2D eigenvalue weighted by Gasteiger charge is -2.17. The molecule has 3 N–H and O–H groups in total. The first-order valence-electron chi connectivity index (χ1n) is 7.00. The van der Waals surface area contributed by atoms with Gasteiger partial charge in [-0.2, -0.15) is 0 Å². The number of para-hydroxylation sites is 1. The number of carbonyl (C=O) groups is 1. The molecule has 1 atom stereocenters. The molecular weight excluding hydrogens is 264 g/mol. The molecule has 0 saturated heterocycles. The lowest BCUT2D eigenvalue weighted by atomic mass is 10.1. The van der Waals surface area contributed by atoms with Gasteiger partial charge in [0.1, 0.15) is 0 Å². The van der Waals surface area contributed by atoms with Crippen LogP contribution in [0.2, 0.25) is 0 Å². The van der Waals surface area contributed by atoms with Crippen molar-refractivity contribution in [3.8, 4) is 5.75 Å². The van der Waals surface area contributed by atoms with Crippen molar-refractivity contribution in [3.63, 3.8) is 0 Å². The standard InChI is InChI=1S/C17H20N2O2/c1-3-21-16-14(10-7-11-15(16)18)17(20)19-12(2)13-8-5-4-6-9-13/h4-12H,3,18H2,1-2H3,(H,19,20). The van der Waals surface area contributed by atoms with E-state index < -0.39 is 0 Å². The van der Waals surface area contributed by atoms with Crippen LogP contribution >= 0.6 is 0 Å². The number of carbonyl (C=O) groups excluding carboxylic acids is 1. The largest absolute Gasteiger partial charge is 0.491 e. The fourth-order valence-electron chi connectivity index (χ4n) is 2.14. The third-order valence-corrected chi connectivity index (χ3v) is 3.23. The van der Waals surface area contributed by atoms with Crippen molar-refractivity contribution in [2.75, 3.05) is 12.3 Å². The number of rotatable bonds is 5. The predicted octanol–water partition coefficient (Wildman–Crippen LogP) is 3.16. The normalized spacial score (nSPS) is 11.7. The highest BCUT2D eigenvalue weighted by Gasteiger charge is 2.17. The van der Waals surface area contributed by atoms with Gasteiger partial charge in [0, 0.05) is 0 Å². The Morgan fingerprint density at radius 2 is 1.90 bits per heavy atom. The topological polar surface area (TPSA) is 64.3 Å². The van der Waals surface area contributed by atoms with Gasteiger partial charge >= 0.3 is 0 Å². The summed E-state index contributed by atoms with van der Waals surface area (Å²) in [6, 6.07) is 14.9. The number of hydrogen-bond acceptors (Lipinski definition) is 3. The SMILES string of the molecule is CCOc1c(N)cccc1C(=O)NC(C)c1ccccc1. The summed E-state index contributed by atoms with van der Waals surface area (Å²) in [7, 11) is 0. The van der Waals surface area contributed by atoms with E-state index in [-0.39, 0.29) is 11.9 Å². The molecule has 110 valence electrons. The Bertz CT molecular complexity index is 611. The molecule has 0 heterocycles. The van der Waals surface area contributed by atoms with Gasteiger partial charge in [-0.25, -0.2) is 0 Å². The quantitative estimate of drug-likeness (QED) is 0.829. The molecule has 0 spiro atoms. The van der Waals surface area contributed by atoms with Crippen LogP contribution in [0, 0.1) is 0 Å². The second-order valence-corrected chi connectivity index (χ2v) is 4.76. The first kappa shape index (κ1) is 14.9. The van der Waals surface area contributed by atoms with E-state index in [9.17, 15) is 4.79 Å². The number of nitrogens with two attached hydrogens (primary N) is 1. The molecule has 0 aliphatic rings. The number of hydrogen-bond donors (Lipinski definition) is 2. The van der Waals surface area contributed by atoms with Gasteiger partial charge in [0.05, 0.1) is 23.9 Å². The average Bonchev–Trinajstić information content (AvgIpc) is 2.50. The van der Waals surface area contributed by atoms with Gasteiger partial charge in [-0.3, -0.25) is 4.79 Å². The van der Waals surface area contributed by atoms with E-state index in [1.807, 2.05) is 44.2 Å². The second kappa shape index (κ2) is 6.79. The summed E-state index contributed by atoms with van der Waals surface area (Å²) in [6.45, 7) is 4.27. The number of nitrogens with one attached hydrogen (secondary N) is 1. The molecule has 0 aliphatic carbocycles. The van der Waals surface area contributed by atoms with Crippen LogP contribution in [0.3, 0.4) is 0 Å². The minimum Gasteiger partial charge on any atom is -0.491 e. The van der Waals surface area contributed by atoms with E-state index in [1.54, 1.807) is 18.2 Å². The number of ether oxygens (including phenoxy) is 1. The van der Waals surface area contributed by atoms with Gasteiger partial charge in [0.2, 0.25) is 0 Å². The van der Waals surface area contributed by atoms with Crippen LogP contribution in [0.15, 0.2) is 48.5 Å². The Morgan fingerprint density at radius 1 is 1.19 bits per heavy atom. The molecule has 0 bridgehead atoms. The molecule has 4 heteroatoms. The van der Waals surface area contributed by atoms with Crippen molar-refractivity contribution < 1.29 is 9.53 Å². The van der Waals surface area contributed by atoms with E-state index in [0.29, 0.717) is 23.6 Å². The third kappa shape index (κ3) is 3.54. The Balaban J connectivity index is 2.19. The van der Waals surface area contributed by atoms with Crippen molar-refractivity contribution >= 4 is 11.6 Å². The molecule has 1 unspecified atom stereocenters. The maximum absolute atomic E-state index is 12.4.